The molecule has 0 radical (unpaired) electrons. The lowest BCUT2D eigenvalue weighted by molar-refractivity contribution is 0.0752. The Kier molecular flexibility index (Phi) is 4.20. The van der Waals surface area contributed by atoms with E-state index in [4.69, 9.17) is 0 Å². The third-order valence-electron chi connectivity index (χ3n) is 2.93. The van der Waals surface area contributed by atoms with Crippen molar-refractivity contribution in [2.24, 2.45) is 0 Å². The highest BCUT2D eigenvalue weighted by Gasteiger charge is 2.33. The maximum atomic E-state index is 12.2. The average molecular weight is 417 g/mol. The quantitative estimate of drug-likeness (QED) is 0.744. The van der Waals surface area contributed by atoms with E-state index in [2.05, 4.69) is 31.9 Å². The van der Waals surface area contributed by atoms with Gasteiger partial charge in [0.05, 0.1) is 20.2 Å². The van der Waals surface area contributed by atoms with Crippen LogP contribution >= 0.6 is 43.2 Å². The highest BCUT2D eigenvalue weighted by atomic mass is 79.9. The first-order valence-corrected chi connectivity index (χ1v) is 9.45. The van der Waals surface area contributed by atoms with Crippen molar-refractivity contribution in [1.82, 2.24) is 4.90 Å². The van der Waals surface area contributed by atoms with Gasteiger partial charge in [-0.1, -0.05) is 0 Å². The number of hydrogen-bond donors (Lipinski definition) is 0. The Balaban J connectivity index is 2.15. The van der Waals surface area contributed by atoms with Crippen molar-refractivity contribution in [3.8, 4) is 0 Å². The van der Waals surface area contributed by atoms with E-state index in [9.17, 15) is 13.2 Å². The summed E-state index contributed by atoms with van der Waals surface area (Å²) in [6, 6.07) is 1.54. The topological polar surface area (TPSA) is 54.5 Å². The molecule has 1 unspecified atom stereocenters. The third-order valence-corrected chi connectivity index (χ3v) is 7.93. The average Bonchev–Trinajstić information content (AvgIpc) is 2.81. The second-order valence-electron chi connectivity index (χ2n) is 4.21. The molecule has 1 aliphatic rings. The zero-order valence-electron chi connectivity index (χ0n) is 9.52. The van der Waals surface area contributed by atoms with Gasteiger partial charge in [-0.15, -0.1) is 11.3 Å². The van der Waals surface area contributed by atoms with Crippen LogP contribution in [0.4, 0.5) is 0 Å². The van der Waals surface area contributed by atoms with Crippen LogP contribution in [0.5, 0.6) is 0 Å². The third kappa shape index (κ3) is 2.97. The molecule has 18 heavy (non-hydrogen) atoms. The molecule has 0 bridgehead atoms. The minimum atomic E-state index is -2.97. The summed E-state index contributed by atoms with van der Waals surface area (Å²) in [7, 11) is -1.31. The monoisotopic (exact) mass is 415 g/mol. The molecular weight excluding hydrogens is 406 g/mol. The van der Waals surface area contributed by atoms with Gasteiger partial charge in [0.1, 0.15) is 0 Å². The van der Waals surface area contributed by atoms with E-state index in [0.29, 0.717) is 11.3 Å². The first-order valence-electron chi connectivity index (χ1n) is 5.22. The molecule has 1 aromatic heterocycles. The molecule has 1 aromatic rings. The Bertz CT molecular complexity index is 562. The molecule has 0 spiro atoms. The largest absolute Gasteiger partial charge is 0.337 e. The predicted octanol–water partition coefficient (Wildman–Crippen LogP) is 2.53. The van der Waals surface area contributed by atoms with Crippen molar-refractivity contribution in [2.75, 3.05) is 18.6 Å². The predicted molar refractivity (Wildman–Crippen MR) is 78.9 cm³/mol. The van der Waals surface area contributed by atoms with Gasteiger partial charge < -0.3 is 4.90 Å². The lowest BCUT2D eigenvalue weighted by Crippen LogP contribution is -2.37. The fourth-order valence-corrected chi connectivity index (χ4v) is 5.67. The minimum Gasteiger partial charge on any atom is -0.337 e. The Morgan fingerprint density at radius 2 is 2.17 bits per heavy atom. The van der Waals surface area contributed by atoms with Crippen molar-refractivity contribution in [2.45, 2.75) is 12.5 Å². The summed E-state index contributed by atoms with van der Waals surface area (Å²) in [5.41, 5.74) is 0. The lowest BCUT2D eigenvalue weighted by Gasteiger charge is -2.22. The van der Waals surface area contributed by atoms with Crippen LogP contribution in [-0.4, -0.2) is 43.8 Å². The van der Waals surface area contributed by atoms with E-state index in [1.165, 1.54) is 16.2 Å². The second kappa shape index (κ2) is 5.22. The summed E-state index contributed by atoms with van der Waals surface area (Å²) in [4.78, 5) is 14.3. The standard InChI is InChI=1S/C10H11Br2NO3S2/c1-13(6-2-3-18(15,16)5-6)10(14)8-4-7(11)9(12)17-8/h4,6H,2-3,5H2,1H3. The Morgan fingerprint density at radius 1 is 1.50 bits per heavy atom. The zero-order chi connectivity index (χ0) is 13.5. The van der Waals surface area contributed by atoms with Crippen molar-refractivity contribution >= 4 is 58.9 Å². The number of hydrogen-bond acceptors (Lipinski definition) is 4. The summed E-state index contributed by atoms with van der Waals surface area (Å²) in [6.07, 6.45) is 0.526. The summed E-state index contributed by atoms with van der Waals surface area (Å²) < 4.78 is 24.5. The number of carbonyl (C=O) groups is 1. The molecule has 1 saturated heterocycles. The fourth-order valence-electron chi connectivity index (χ4n) is 1.87. The maximum Gasteiger partial charge on any atom is 0.264 e. The normalized spacial score (nSPS) is 22.1. The van der Waals surface area contributed by atoms with E-state index in [1.807, 2.05) is 0 Å². The Labute approximate surface area is 127 Å². The summed E-state index contributed by atoms with van der Waals surface area (Å²) in [5, 5.41) is 0. The van der Waals surface area contributed by atoms with Gasteiger partial charge in [-0.25, -0.2) is 8.42 Å². The van der Waals surface area contributed by atoms with E-state index in [0.717, 1.165) is 8.26 Å². The van der Waals surface area contributed by atoms with Gasteiger partial charge >= 0.3 is 0 Å². The second-order valence-corrected chi connectivity index (χ2v) is 9.66. The molecular formula is C10H11Br2NO3S2. The van der Waals surface area contributed by atoms with Crippen LogP contribution in [0, 0.1) is 0 Å². The SMILES string of the molecule is CN(C(=O)c1cc(Br)c(Br)s1)C1CCS(=O)(=O)C1. The van der Waals surface area contributed by atoms with Gasteiger partial charge in [-0.05, 0) is 44.3 Å². The molecule has 1 amide bonds. The van der Waals surface area contributed by atoms with Gasteiger partial charge in [-0.2, -0.15) is 0 Å². The van der Waals surface area contributed by atoms with Gasteiger partial charge in [0.25, 0.3) is 5.91 Å². The van der Waals surface area contributed by atoms with Crippen LogP contribution in [0.15, 0.2) is 14.3 Å². The van der Waals surface area contributed by atoms with Crippen LogP contribution in [0.25, 0.3) is 0 Å². The number of amides is 1. The van der Waals surface area contributed by atoms with Crippen LogP contribution in [0.1, 0.15) is 16.1 Å². The van der Waals surface area contributed by atoms with Crippen molar-refractivity contribution < 1.29 is 13.2 Å². The van der Waals surface area contributed by atoms with E-state index in [1.54, 1.807) is 13.1 Å². The number of carbonyl (C=O) groups excluding carboxylic acids is 1. The lowest BCUT2D eigenvalue weighted by atomic mass is 10.2. The van der Waals surface area contributed by atoms with Gasteiger partial charge in [0.2, 0.25) is 0 Å². The van der Waals surface area contributed by atoms with Crippen molar-refractivity contribution in [1.29, 1.82) is 0 Å². The van der Waals surface area contributed by atoms with Crippen LogP contribution in [-0.2, 0) is 9.84 Å². The summed E-state index contributed by atoms with van der Waals surface area (Å²) in [6.45, 7) is 0. The zero-order valence-corrected chi connectivity index (χ0v) is 14.3. The molecule has 2 rings (SSSR count). The van der Waals surface area contributed by atoms with E-state index < -0.39 is 9.84 Å². The molecule has 0 N–H and O–H groups in total. The molecule has 1 aliphatic heterocycles. The number of nitrogens with zero attached hydrogens (tertiary/aromatic N) is 1. The first-order chi connectivity index (χ1) is 8.30. The molecule has 0 aromatic carbocycles. The van der Waals surface area contributed by atoms with E-state index in [-0.39, 0.29) is 23.5 Å². The smallest absolute Gasteiger partial charge is 0.264 e. The van der Waals surface area contributed by atoms with Gasteiger partial charge in [0.15, 0.2) is 9.84 Å². The Hall–Kier alpha value is 0.0800. The molecule has 0 saturated carbocycles. The van der Waals surface area contributed by atoms with Crippen LogP contribution in [0.3, 0.4) is 0 Å². The number of sulfone groups is 1. The number of rotatable bonds is 2. The van der Waals surface area contributed by atoms with Crippen molar-refractivity contribution in [3.63, 3.8) is 0 Å². The molecule has 1 atom stereocenters. The molecule has 0 aliphatic carbocycles. The number of halogens is 2. The minimum absolute atomic E-state index is 0.0724. The van der Waals surface area contributed by atoms with Crippen molar-refractivity contribution in [3.05, 3.63) is 19.2 Å². The highest BCUT2D eigenvalue weighted by molar-refractivity contribution is 9.13. The summed E-state index contributed by atoms with van der Waals surface area (Å²) in [5.74, 6) is 0.115. The molecule has 100 valence electrons. The molecule has 2 heterocycles. The van der Waals surface area contributed by atoms with Crippen LogP contribution in [0.2, 0.25) is 0 Å². The maximum absolute atomic E-state index is 12.2. The first kappa shape index (κ1) is 14.5. The summed E-state index contributed by atoms with van der Waals surface area (Å²) >= 11 is 8.01. The molecule has 1 fully saturated rings. The Morgan fingerprint density at radius 3 is 2.61 bits per heavy atom. The van der Waals surface area contributed by atoms with Crippen LogP contribution < -0.4 is 0 Å². The highest BCUT2D eigenvalue weighted by Crippen LogP contribution is 2.33. The molecule has 8 heteroatoms. The van der Waals surface area contributed by atoms with Gasteiger partial charge in [-0.3, -0.25) is 4.79 Å². The molecule has 4 nitrogen and oxygen atoms in total. The van der Waals surface area contributed by atoms with E-state index >= 15 is 0 Å². The number of thiophene rings is 1. The fraction of sp³-hybridized carbons (Fsp3) is 0.500. The van der Waals surface area contributed by atoms with Gasteiger partial charge in [0, 0.05) is 17.6 Å².